The molecule has 17 heavy (non-hydrogen) atoms. The minimum atomic E-state index is -0.888. The average molecular weight is 249 g/mol. The molecule has 0 amide bonds. The van der Waals surface area contributed by atoms with Gasteiger partial charge in [0.1, 0.15) is 0 Å². The molecule has 2 rings (SSSR count). The van der Waals surface area contributed by atoms with Crippen molar-refractivity contribution in [3.63, 3.8) is 0 Å². The van der Waals surface area contributed by atoms with Gasteiger partial charge in [-0.05, 0) is 25.5 Å². The molecule has 1 heterocycles. The molecule has 0 unspecified atom stereocenters. The number of nitrogens with zero attached hydrogens (tertiary/aromatic N) is 1. The second kappa shape index (κ2) is 4.45. The molecule has 0 bridgehead atoms. The van der Waals surface area contributed by atoms with Gasteiger partial charge in [-0.2, -0.15) is 12.6 Å². The zero-order valence-electron chi connectivity index (χ0n) is 9.84. The van der Waals surface area contributed by atoms with E-state index in [1.807, 2.05) is 30.7 Å². The van der Waals surface area contributed by atoms with E-state index < -0.39 is 5.97 Å². The minimum Gasteiger partial charge on any atom is -0.478 e. The van der Waals surface area contributed by atoms with Crippen LogP contribution in [0.15, 0.2) is 24.4 Å². The number of hydrogen-bond acceptors (Lipinski definition) is 2. The summed E-state index contributed by atoms with van der Waals surface area (Å²) in [4.78, 5) is 11.3. The van der Waals surface area contributed by atoms with Crippen molar-refractivity contribution >= 4 is 29.5 Å². The lowest BCUT2D eigenvalue weighted by Gasteiger charge is -2.10. The monoisotopic (exact) mass is 249 g/mol. The Kier molecular flexibility index (Phi) is 3.15. The van der Waals surface area contributed by atoms with E-state index in [1.54, 1.807) is 12.1 Å². The number of fused-ring (bicyclic) bond motifs is 1. The molecule has 0 aliphatic heterocycles. The third-order valence-electron chi connectivity index (χ3n) is 2.89. The van der Waals surface area contributed by atoms with Gasteiger partial charge in [0.05, 0.1) is 11.1 Å². The van der Waals surface area contributed by atoms with Gasteiger partial charge in [0.15, 0.2) is 0 Å². The number of thiol groups is 1. The number of aromatic nitrogens is 1. The van der Waals surface area contributed by atoms with Gasteiger partial charge >= 0.3 is 5.97 Å². The van der Waals surface area contributed by atoms with E-state index in [0.717, 1.165) is 16.5 Å². The van der Waals surface area contributed by atoms with Gasteiger partial charge in [0.2, 0.25) is 0 Å². The van der Waals surface area contributed by atoms with Crippen LogP contribution in [0.4, 0.5) is 0 Å². The highest BCUT2D eigenvalue weighted by Crippen LogP contribution is 2.28. The highest BCUT2D eigenvalue weighted by molar-refractivity contribution is 7.79. The first-order chi connectivity index (χ1) is 8.06. The van der Waals surface area contributed by atoms with Crippen LogP contribution in [0.3, 0.4) is 0 Å². The normalized spacial score (nSPS) is 11.3. The first kappa shape index (κ1) is 12.0. The number of carboxylic acids is 1. The molecule has 90 valence electrons. The van der Waals surface area contributed by atoms with Crippen LogP contribution in [-0.2, 0) is 5.75 Å². The highest BCUT2D eigenvalue weighted by atomic mass is 32.1. The second-order valence-corrected chi connectivity index (χ2v) is 4.64. The van der Waals surface area contributed by atoms with Gasteiger partial charge in [-0.3, -0.25) is 0 Å². The van der Waals surface area contributed by atoms with Crippen LogP contribution in [0.2, 0.25) is 0 Å². The summed E-state index contributed by atoms with van der Waals surface area (Å²) in [6.45, 7) is 4.08. The Bertz CT molecular complexity index is 572. The lowest BCUT2D eigenvalue weighted by Crippen LogP contribution is -2.04. The van der Waals surface area contributed by atoms with Crippen LogP contribution in [0.5, 0.6) is 0 Å². The summed E-state index contributed by atoms with van der Waals surface area (Å²) in [7, 11) is 0. The van der Waals surface area contributed by atoms with Crippen LogP contribution in [0.25, 0.3) is 10.9 Å². The number of rotatable bonds is 3. The molecule has 0 spiro atoms. The standard InChI is InChI=1S/C13H15NO2S/c1-8(2)14-6-9(7-17)10-4-3-5-11(12(10)14)13(15)16/h3-6,8,17H,7H2,1-2H3,(H,15,16). The van der Waals surface area contributed by atoms with Gasteiger partial charge in [-0.25, -0.2) is 4.79 Å². The third-order valence-corrected chi connectivity index (χ3v) is 3.23. The first-order valence-electron chi connectivity index (χ1n) is 5.52. The highest BCUT2D eigenvalue weighted by Gasteiger charge is 2.16. The topological polar surface area (TPSA) is 42.2 Å². The van der Waals surface area contributed by atoms with E-state index in [1.165, 1.54) is 0 Å². The van der Waals surface area contributed by atoms with E-state index >= 15 is 0 Å². The Labute approximate surface area is 105 Å². The van der Waals surface area contributed by atoms with Crippen molar-refractivity contribution in [1.29, 1.82) is 0 Å². The molecule has 1 aromatic heterocycles. The Morgan fingerprint density at radius 2 is 2.18 bits per heavy atom. The predicted octanol–water partition coefficient (Wildman–Crippen LogP) is 3.35. The van der Waals surface area contributed by atoms with E-state index in [4.69, 9.17) is 0 Å². The van der Waals surface area contributed by atoms with E-state index in [-0.39, 0.29) is 6.04 Å². The fourth-order valence-electron chi connectivity index (χ4n) is 2.09. The molecule has 3 nitrogen and oxygen atoms in total. The van der Waals surface area contributed by atoms with Crippen molar-refractivity contribution < 1.29 is 9.90 Å². The summed E-state index contributed by atoms with van der Waals surface area (Å²) in [5, 5.41) is 10.2. The van der Waals surface area contributed by atoms with E-state index in [9.17, 15) is 9.90 Å². The van der Waals surface area contributed by atoms with Crippen molar-refractivity contribution in [1.82, 2.24) is 4.57 Å². The summed E-state index contributed by atoms with van der Waals surface area (Å²) in [5.41, 5.74) is 2.21. The molecule has 0 saturated carbocycles. The quantitative estimate of drug-likeness (QED) is 0.819. The lowest BCUT2D eigenvalue weighted by molar-refractivity contribution is 0.0698. The van der Waals surface area contributed by atoms with Crippen LogP contribution in [-0.4, -0.2) is 15.6 Å². The van der Waals surface area contributed by atoms with Crippen LogP contribution >= 0.6 is 12.6 Å². The van der Waals surface area contributed by atoms with Gasteiger partial charge in [-0.1, -0.05) is 12.1 Å². The molecule has 0 aliphatic carbocycles. The number of aromatic carboxylic acids is 1. The SMILES string of the molecule is CC(C)n1cc(CS)c2cccc(C(=O)O)c21. The molecule has 0 atom stereocenters. The molecule has 1 aromatic carbocycles. The number of carboxylic acid groups (broad SMARTS) is 1. The predicted molar refractivity (Wildman–Crippen MR) is 72.0 cm³/mol. The molecule has 0 aliphatic rings. The maximum Gasteiger partial charge on any atom is 0.337 e. The minimum absolute atomic E-state index is 0.228. The van der Waals surface area contributed by atoms with Gasteiger partial charge < -0.3 is 9.67 Å². The Morgan fingerprint density at radius 3 is 2.71 bits per heavy atom. The lowest BCUT2D eigenvalue weighted by atomic mass is 10.1. The van der Waals surface area contributed by atoms with Crippen molar-refractivity contribution in [3.8, 4) is 0 Å². The maximum absolute atomic E-state index is 11.3. The molecular formula is C13H15NO2S. The van der Waals surface area contributed by atoms with Gasteiger partial charge in [0.25, 0.3) is 0 Å². The molecular weight excluding hydrogens is 234 g/mol. The largest absolute Gasteiger partial charge is 0.478 e. The molecule has 0 radical (unpaired) electrons. The molecule has 0 saturated heterocycles. The summed E-state index contributed by atoms with van der Waals surface area (Å²) in [6.07, 6.45) is 1.99. The zero-order chi connectivity index (χ0) is 12.6. The van der Waals surface area contributed by atoms with E-state index in [0.29, 0.717) is 11.3 Å². The maximum atomic E-state index is 11.3. The fraction of sp³-hybridized carbons (Fsp3) is 0.308. The smallest absolute Gasteiger partial charge is 0.337 e. The zero-order valence-corrected chi connectivity index (χ0v) is 10.7. The fourth-order valence-corrected chi connectivity index (χ4v) is 2.34. The summed E-state index contributed by atoms with van der Waals surface area (Å²) in [5.74, 6) is -0.277. The molecule has 2 aromatic rings. The first-order valence-corrected chi connectivity index (χ1v) is 6.16. The summed E-state index contributed by atoms with van der Waals surface area (Å²) < 4.78 is 2.00. The Morgan fingerprint density at radius 1 is 1.47 bits per heavy atom. The van der Waals surface area contributed by atoms with E-state index in [2.05, 4.69) is 12.6 Å². The summed E-state index contributed by atoms with van der Waals surface area (Å²) >= 11 is 4.29. The van der Waals surface area contributed by atoms with Crippen molar-refractivity contribution in [2.45, 2.75) is 25.6 Å². The number of benzene rings is 1. The van der Waals surface area contributed by atoms with Crippen molar-refractivity contribution in [2.75, 3.05) is 0 Å². The number of para-hydroxylation sites is 1. The molecule has 0 fully saturated rings. The summed E-state index contributed by atoms with van der Waals surface area (Å²) in [6, 6.07) is 5.60. The van der Waals surface area contributed by atoms with Gasteiger partial charge in [0, 0.05) is 23.4 Å². The second-order valence-electron chi connectivity index (χ2n) is 4.32. The van der Waals surface area contributed by atoms with Gasteiger partial charge in [-0.15, -0.1) is 0 Å². The van der Waals surface area contributed by atoms with Crippen LogP contribution in [0, 0.1) is 0 Å². The molecule has 1 N–H and O–H groups in total. The van der Waals surface area contributed by atoms with Crippen LogP contribution < -0.4 is 0 Å². The van der Waals surface area contributed by atoms with Crippen molar-refractivity contribution in [2.24, 2.45) is 0 Å². The Hall–Kier alpha value is -1.42. The van der Waals surface area contributed by atoms with Crippen LogP contribution in [0.1, 0.15) is 35.8 Å². The number of carbonyl (C=O) groups is 1. The van der Waals surface area contributed by atoms with Crippen molar-refractivity contribution in [3.05, 3.63) is 35.5 Å². The third kappa shape index (κ3) is 1.93. The number of hydrogen-bond donors (Lipinski definition) is 2. The average Bonchev–Trinajstić information content (AvgIpc) is 2.67. The Balaban J connectivity index is 2.86. The molecule has 4 heteroatoms.